The minimum Gasteiger partial charge on any atom is -0.496 e. The van der Waals surface area contributed by atoms with Crippen molar-refractivity contribution in [3.63, 3.8) is 0 Å². The fourth-order valence-electron chi connectivity index (χ4n) is 1.63. The summed E-state index contributed by atoms with van der Waals surface area (Å²) in [7, 11) is 6.63. The molecule has 0 atom stereocenters. The maximum atomic E-state index is 8.98. The molecule has 0 aliphatic carbocycles. The number of likely N-dealkylation sites (N-methyl/N-ethyl adjacent to an activating group) is 1. The standard InChI is InChI=1S/C12H19NO4/c1-13(5-6-14)12-10(16-3)7-9(15-2)8-11(12)17-4/h7-8,14H,5-6H2,1-4H3. The van der Waals surface area contributed by atoms with Gasteiger partial charge in [0.15, 0.2) is 0 Å². The quantitative estimate of drug-likeness (QED) is 0.809. The SMILES string of the molecule is COc1cc(OC)c(N(C)CCO)c(OC)c1. The van der Waals surface area contributed by atoms with Crippen molar-refractivity contribution in [1.29, 1.82) is 0 Å². The van der Waals surface area contributed by atoms with Crippen molar-refractivity contribution in [3.05, 3.63) is 12.1 Å². The Labute approximate surface area is 102 Å². The lowest BCUT2D eigenvalue weighted by molar-refractivity contribution is 0.302. The maximum absolute atomic E-state index is 8.98. The van der Waals surface area contributed by atoms with E-state index in [1.807, 2.05) is 11.9 Å². The predicted octanol–water partition coefficient (Wildman–Crippen LogP) is 1.14. The number of aliphatic hydroxyl groups excluding tert-OH is 1. The van der Waals surface area contributed by atoms with Gasteiger partial charge in [-0.3, -0.25) is 0 Å². The molecule has 96 valence electrons. The first-order valence-electron chi connectivity index (χ1n) is 5.30. The third-order valence-corrected chi connectivity index (χ3v) is 2.51. The Kier molecular flexibility index (Phi) is 4.90. The van der Waals surface area contributed by atoms with Gasteiger partial charge in [0.05, 0.1) is 27.9 Å². The zero-order chi connectivity index (χ0) is 12.8. The molecule has 1 N–H and O–H groups in total. The van der Waals surface area contributed by atoms with Crippen molar-refractivity contribution in [2.24, 2.45) is 0 Å². The number of ether oxygens (including phenoxy) is 3. The van der Waals surface area contributed by atoms with E-state index in [1.165, 1.54) is 0 Å². The van der Waals surface area contributed by atoms with Gasteiger partial charge in [0, 0.05) is 25.7 Å². The van der Waals surface area contributed by atoms with Crippen molar-refractivity contribution < 1.29 is 19.3 Å². The van der Waals surface area contributed by atoms with E-state index in [0.29, 0.717) is 23.8 Å². The first-order valence-corrected chi connectivity index (χ1v) is 5.30. The van der Waals surface area contributed by atoms with Gasteiger partial charge < -0.3 is 24.2 Å². The fourth-order valence-corrected chi connectivity index (χ4v) is 1.63. The molecule has 0 heterocycles. The van der Waals surface area contributed by atoms with Crippen LogP contribution in [0.2, 0.25) is 0 Å². The molecule has 1 aromatic rings. The maximum Gasteiger partial charge on any atom is 0.149 e. The summed E-state index contributed by atoms with van der Waals surface area (Å²) >= 11 is 0. The molecule has 5 nitrogen and oxygen atoms in total. The second-order valence-corrected chi connectivity index (χ2v) is 3.53. The molecule has 0 fully saturated rings. The van der Waals surface area contributed by atoms with Crippen LogP contribution in [0.4, 0.5) is 5.69 Å². The molecule has 0 radical (unpaired) electrons. The second-order valence-electron chi connectivity index (χ2n) is 3.53. The van der Waals surface area contributed by atoms with Gasteiger partial charge in [0.1, 0.15) is 22.9 Å². The van der Waals surface area contributed by atoms with E-state index in [9.17, 15) is 0 Å². The largest absolute Gasteiger partial charge is 0.496 e. The highest BCUT2D eigenvalue weighted by molar-refractivity contribution is 5.70. The first-order chi connectivity index (χ1) is 8.17. The van der Waals surface area contributed by atoms with E-state index < -0.39 is 0 Å². The minimum atomic E-state index is 0.0643. The van der Waals surface area contributed by atoms with Crippen LogP contribution < -0.4 is 19.1 Å². The Morgan fingerprint density at radius 3 is 1.94 bits per heavy atom. The van der Waals surface area contributed by atoms with Gasteiger partial charge in [-0.05, 0) is 0 Å². The number of methoxy groups -OCH3 is 3. The van der Waals surface area contributed by atoms with Crippen LogP contribution in [0, 0.1) is 0 Å². The average Bonchev–Trinajstić information content (AvgIpc) is 2.37. The summed E-state index contributed by atoms with van der Waals surface area (Å²) in [5, 5.41) is 8.98. The molecule has 0 aromatic heterocycles. The van der Waals surface area contributed by atoms with E-state index in [1.54, 1.807) is 33.5 Å². The van der Waals surface area contributed by atoms with Gasteiger partial charge in [-0.1, -0.05) is 0 Å². The monoisotopic (exact) mass is 241 g/mol. The minimum absolute atomic E-state index is 0.0643. The fraction of sp³-hybridized carbons (Fsp3) is 0.500. The van der Waals surface area contributed by atoms with Crippen molar-refractivity contribution in [2.75, 3.05) is 46.4 Å². The summed E-state index contributed by atoms with van der Waals surface area (Å²) in [6.45, 7) is 0.563. The molecule has 0 amide bonds. The Hall–Kier alpha value is -1.62. The summed E-state index contributed by atoms with van der Waals surface area (Å²) < 4.78 is 15.8. The van der Waals surface area contributed by atoms with Gasteiger partial charge in [-0.25, -0.2) is 0 Å². The molecule has 0 saturated carbocycles. The molecular formula is C12H19NO4. The van der Waals surface area contributed by atoms with Gasteiger partial charge >= 0.3 is 0 Å². The van der Waals surface area contributed by atoms with Crippen LogP contribution in [0.25, 0.3) is 0 Å². The van der Waals surface area contributed by atoms with Crippen molar-refractivity contribution in [3.8, 4) is 17.2 Å². The molecule has 0 saturated heterocycles. The van der Waals surface area contributed by atoms with Crippen LogP contribution in [-0.2, 0) is 0 Å². The van der Waals surface area contributed by atoms with E-state index in [2.05, 4.69) is 0 Å². The molecule has 17 heavy (non-hydrogen) atoms. The molecule has 1 rings (SSSR count). The number of benzene rings is 1. The average molecular weight is 241 g/mol. The highest BCUT2D eigenvalue weighted by Crippen LogP contribution is 2.40. The number of hydrogen-bond donors (Lipinski definition) is 1. The van der Waals surface area contributed by atoms with Crippen LogP contribution >= 0.6 is 0 Å². The lowest BCUT2D eigenvalue weighted by Crippen LogP contribution is -2.22. The van der Waals surface area contributed by atoms with Crippen LogP contribution in [0.15, 0.2) is 12.1 Å². The highest BCUT2D eigenvalue weighted by Gasteiger charge is 2.16. The third kappa shape index (κ3) is 2.94. The number of rotatable bonds is 6. The van der Waals surface area contributed by atoms with Crippen LogP contribution in [0.3, 0.4) is 0 Å². The summed E-state index contributed by atoms with van der Waals surface area (Å²) in [6, 6.07) is 3.57. The van der Waals surface area contributed by atoms with E-state index in [4.69, 9.17) is 19.3 Å². The van der Waals surface area contributed by atoms with Crippen LogP contribution in [-0.4, -0.2) is 46.6 Å². The predicted molar refractivity (Wildman–Crippen MR) is 66.5 cm³/mol. The lowest BCUT2D eigenvalue weighted by Gasteiger charge is -2.23. The molecule has 0 spiro atoms. The molecule has 0 aliphatic rings. The van der Waals surface area contributed by atoms with E-state index in [-0.39, 0.29) is 6.61 Å². The number of hydrogen-bond acceptors (Lipinski definition) is 5. The summed E-state index contributed by atoms with van der Waals surface area (Å²) in [5.74, 6) is 1.97. The van der Waals surface area contributed by atoms with Crippen molar-refractivity contribution >= 4 is 5.69 Å². The zero-order valence-electron chi connectivity index (χ0n) is 10.7. The Morgan fingerprint density at radius 1 is 1.06 bits per heavy atom. The lowest BCUT2D eigenvalue weighted by atomic mass is 10.2. The molecule has 0 bridgehead atoms. The second kappa shape index (κ2) is 6.20. The van der Waals surface area contributed by atoms with Crippen molar-refractivity contribution in [2.45, 2.75) is 0 Å². The Morgan fingerprint density at radius 2 is 1.59 bits per heavy atom. The molecule has 0 aliphatic heterocycles. The third-order valence-electron chi connectivity index (χ3n) is 2.51. The topological polar surface area (TPSA) is 51.2 Å². The van der Waals surface area contributed by atoms with Crippen LogP contribution in [0.5, 0.6) is 17.2 Å². The molecular weight excluding hydrogens is 222 g/mol. The van der Waals surface area contributed by atoms with Crippen molar-refractivity contribution in [1.82, 2.24) is 0 Å². The highest BCUT2D eigenvalue weighted by atomic mass is 16.5. The summed E-state index contributed by atoms with van der Waals surface area (Å²) in [5.41, 5.74) is 0.796. The molecule has 5 heteroatoms. The summed E-state index contributed by atoms with van der Waals surface area (Å²) in [6.07, 6.45) is 0. The Balaban J connectivity index is 3.23. The smallest absolute Gasteiger partial charge is 0.149 e. The number of nitrogens with zero attached hydrogens (tertiary/aromatic N) is 1. The van der Waals surface area contributed by atoms with Crippen LogP contribution in [0.1, 0.15) is 0 Å². The van der Waals surface area contributed by atoms with Gasteiger partial charge in [-0.2, -0.15) is 0 Å². The van der Waals surface area contributed by atoms with Gasteiger partial charge in [0.25, 0.3) is 0 Å². The Bertz CT molecular complexity index is 343. The summed E-state index contributed by atoms with van der Waals surface area (Å²) in [4.78, 5) is 1.87. The van der Waals surface area contributed by atoms with Gasteiger partial charge in [-0.15, -0.1) is 0 Å². The normalized spacial score (nSPS) is 9.94. The van der Waals surface area contributed by atoms with E-state index >= 15 is 0 Å². The van der Waals surface area contributed by atoms with E-state index in [0.717, 1.165) is 5.69 Å². The number of aliphatic hydroxyl groups is 1. The zero-order valence-corrected chi connectivity index (χ0v) is 10.7. The molecule has 0 unspecified atom stereocenters. The molecule has 1 aromatic carbocycles. The number of anilines is 1. The first kappa shape index (κ1) is 13.4. The van der Waals surface area contributed by atoms with Gasteiger partial charge in [0.2, 0.25) is 0 Å².